The number of non-ortho nitro benzene ring substituents is 1. The number of esters is 2. The Bertz CT molecular complexity index is 1060. The Morgan fingerprint density at radius 2 is 2.00 bits per heavy atom. The number of benzene rings is 1. The van der Waals surface area contributed by atoms with Gasteiger partial charge in [0.05, 0.1) is 24.2 Å². The molecule has 10 nitrogen and oxygen atoms in total. The average Bonchev–Trinajstić information content (AvgIpc) is 3.45. The third-order valence-electron chi connectivity index (χ3n) is 6.62. The van der Waals surface area contributed by atoms with Gasteiger partial charge in [-0.2, -0.15) is 0 Å². The molecule has 3 aliphatic rings. The van der Waals surface area contributed by atoms with E-state index in [0.717, 1.165) is 25.7 Å². The first-order valence-corrected chi connectivity index (χ1v) is 11.3. The molecule has 2 fully saturated rings. The third-order valence-corrected chi connectivity index (χ3v) is 6.62. The van der Waals surface area contributed by atoms with Crippen molar-refractivity contribution in [3.05, 3.63) is 51.2 Å². The van der Waals surface area contributed by atoms with Gasteiger partial charge < -0.3 is 18.9 Å². The topological polar surface area (TPSA) is 127 Å². The fraction of sp³-hybridized carbons (Fsp3) is 0.542. The zero-order chi connectivity index (χ0) is 24.5. The molecule has 0 aromatic heterocycles. The summed E-state index contributed by atoms with van der Waals surface area (Å²) in [4.78, 5) is 41.3. The Hall–Kier alpha value is -3.11. The van der Waals surface area contributed by atoms with Gasteiger partial charge in [-0.25, -0.2) is 4.79 Å². The lowest BCUT2D eigenvalue weighted by Crippen LogP contribution is -2.36. The van der Waals surface area contributed by atoms with Gasteiger partial charge in [-0.15, -0.1) is 0 Å². The number of nitro groups is 1. The molecule has 1 aliphatic carbocycles. The van der Waals surface area contributed by atoms with Gasteiger partial charge >= 0.3 is 11.9 Å². The summed E-state index contributed by atoms with van der Waals surface area (Å²) in [6, 6.07) is 5.87. The Labute approximate surface area is 197 Å². The quantitative estimate of drug-likeness (QED) is 0.350. The second-order valence-electron chi connectivity index (χ2n) is 8.85. The van der Waals surface area contributed by atoms with Gasteiger partial charge in [0.1, 0.15) is 18.6 Å². The van der Waals surface area contributed by atoms with E-state index in [1.165, 1.54) is 25.3 Å². The van der Waals surface area contributed by atoms with Crippen LogP contribution in [0.15, 0.2) is 40.5 Å². The molecule has 0 bridgehead atoms. The zero-order valence-corrected chi connectivity index (χ0v) is 19.4. The van der Waals surface area contributed by atoms with Crippen LogP contribution in [0, 0.1) is 16.0 Å². The van der Waals surface area contributed by atoms with Gasteiger partial charge in [0.2, 0.25) is 0 Å². The van der Waals surface area contributed by atoms with Crippen LogP contribution >= 0.6 is 0 Å². The lowest BCUT2D eigenvalue weighted by molar-refractivity contribution is -0.384. The largest absolute Gasteiger partial charge is 0.468 e. The van der Waals surface area contributed by atoms with Crippen LogP contribution < -0.4 is 0 Å². The second-order valence-corrected chi connectivity index (χ2v) is 8.85. The van der Waals surface area contributed by atoms with Crippen LogP contribution in [0.2, 0.25) is 0 Å². The van der Waals surface area contributed by atoms with Crippen LogP contribution in [-0.4, -0.2) is 54.8 Å². The molecular formula is C24H28N2O8. The number of nitrogens with zero attached hydrogens (tertiary/aromatic N) is 2. The van der Waals surface area contributed by atoms with Crippen molar-refractivity contribution < 1.29 is 33.5 Å². The van der Waals surface area contributed by atoms with Crippen molar-refractivity contribution in [3.8, 4) is 0 Å². The van der Waals surface area contributed by atoms with Crippen LogP contribution in [0.25, 0.3) is 0 Å². The minimum absolute atomic E-state index is 0.00932. The minimum Gasteiger partial charge on any atom is -0.468 e. The van der Waals surface area contributed by atoms with Crippen LogP contribution in [0.3, 0.4) is 0 Å². The molecule has 1 aromatic carbocycles. The SMILES string of the molecule is COC(=O)C1C(C)=NC(C)=C(C(=O)OCC2COC3(CCCC3)O2)C1c1cccc([N+](=O)[O-])c1. The lowest BCUT2D eigenvalue weighted by atomic mass is 9.75. The van der Waals surface area contributed by atoms with E-state index in [1.807, 2.05) is 0 Å². The number of ether oxygens (including phenoxy) is 4. The van der Waals surface area contributed by atoms with E-state index < -0.39 is 34.5 Å². The van der Waals surface area contributed by atoms with Crippen LogP contribution in [0.1, 0.15) is 51.0 Å². The highest BCUT2D eigenvalue weighted by molar-refractivity contribution is 6.07. The number of carbonyl (C=O) groups excluding carboxylic acids is 2. The maximum atomic E-state index is 13.3. The number of hydrogen-bond donors (Lipinski definition) is 0. The Balaban J connectivity index is 1.61. The van der Waals surface area contributed by atoms with E-state index in [0.29, 0.717) is 23.6 Å². The summed E-state index contributed by atoms with van der Waals surface area (Å²) in [5.41, 5.74) is 1.28. The molecule has 3 unspecified atom stereocenters. The van der Waals surface area contributed by atoms with Gasteiger partial charge in [-0.05, 0) is 32.3 Å². The molecule has 1 saturated carbocycles. The smallest absolute Gasteiger partial charge is 0.336 e. The van der Waals surface area contributed by atoms with E-state index in [1.54, 1.807) is 19.9 Å². The first kappa shape index (κ1) is 24.0. The maximum Gasteiger partial charge on any atom is 0.336 e. The van der Waals surface area contributed by atoms with Crippen LogP contribution in [0.4, 0.5) is 5.69 Å². The molecule has 0 amide bonds. The number of nitro benzene ring substituents is 1. The first-order valence-electron chi connectivity index (χ1n) is 11.3. The first-order chi connectivity index (χ1) is 16.2. The van der Waals surface area contributed by atoms with E-state index in [2.05, 4.69) is 4.99 Å². The van der Waals surface area contributed by atoms with Crippen LogP contribution in [0.5, 0.6) is 0 Å². The van der Waals surface area contributed by atoms with Crippen LogP contribution in [-0.2, 0) is 28.5 Å². The summed E-state index contributed by atoms with van der Waals surface area (Å²) in [6.07, 6.45) is 3.34. The molecule has 2 heterocycles. The molecule has 1 spiro atoms. The minimum atomic E-state index is -0.925. The molecule has 4 rings (SSSR count). The molecule has 0 N–H and O–H groups in total. The predicted molar refractivity (Wildman–Crippen MR) is 120 cm³/mol. The Morgan fingerprint density at radius 3 is 2.68 bits per heavy atom. The fourth-order valence-electron chi connectivity index (χ4n) is 5.05. The van der Waals surface area contributed by atoms with Crippen molar-refractivity contribution in [2.45, 2.75) is 57.3 Å². The van der Waals surface area contributed by atoms with Crippen molar-refractivity contribution in [2.75, 3.05) is 20.3 Å². The molecule has 182 valence electrons. The van der Waals surface area contributed by atoms with Gasteiger partial charge in [-0.1, -0.05) is 12.1 Å². The molecule has 0 radical (unpaired) electrons. The van der Waals surface area contributed by atoms with Gasteiger partial charge in [-0.3, -0.25) is 19.9 Å². The fourth-order valence-corrected chi connectivity index (χ4v) is 5.05. The van der Waals surface area contributed by atoms with Gasteiger partial charge in [0, 0.05) is 42.3 Å². The number of methoxy groups -OCH3 is 1. The molecule has 34 heavy (non-hydrogen) atoms. The van der Waals surface area contributed by atoms with E-state index in [-0.39, 0.29) is 24.0 Å². The summed E-state index contributed by atoms with van der Waals surface area (Å²) in [5.74, 6) is -3.59. The zero-order valence-electron chi connectivity index (χ0n) is 19.4. The summed E-state index contributed by atoms with van der Waals surface area (Å²) < 4.78 is 22.5. The highest BCUT2D eigenvalue weighted by atomic mass is 16.8. The number of hydrogen-bond acceptors (Lipinski definition) is 9. The molecule has 10 heteroatoms. The Kier molecular flexibility index (Phi) is 6.81. The normalized spacial score (nSPS) is 25.9. The number of allylic oxidation sites excluding steroid dienone is 1. The molecular weight excluding hydrogens is 444 g/mol. The lowest BCUT2D eigenvalue weighted by Gasteiger charge is -2.31. The monoisotopic (exact) mass is 472 g/mol. The summed E-state index contributed by atoms with van der Waals surface area (Å²) in [7, 11) is 1.25. The predicted octanol–water partition coefficient (Wildman–Crippen LogP) is 3.45. The number of aliphatic imine (C=N–C) groups is 1. The molecule has 1 saturated heterocycles. The van der Waals surface area contributed by atoms with Crippen molar-refractivity contribution in [2.24, 2.45) is 10.9 Å². The molecule has 2 aliphatic heterocycles. The Morgan fingerprint density at radius 1 is 1.26 bits per heavy atom. The van der Waals surface area contributed by atoms with Gasteiger partial charge in [0.25, 0.3) is 5.69 Å². The van der Waals surface area contributed by atoms with Crippen molar-refractivity contribution in [1.82, 2.24) is 0 Å². The van der Waals surface area contributed by atoms with E-state index in [9.17, 15) is 19.7 Å². The van der Waals surface area contributed by atoms with E-state index >= 15 is 0 Å². The summed E-state index contributed by atoms with van der Waals surface area (Å²) in [6.45, 7) is 3.65. The highest BCUT2D eigenvalue weighted by Gasteiger charge is 2.45. The molecule has 3 atom stereocenters. The molecule has 1 aromatic rings. The van der Waals surface area contributed by atoms with Crippen molar-refractivity contribution in [1.29, 1.82) is 0 Å². The maximum absolute atomic E-state index is 13.3. The summed E-state index contributed by atoms with van der Waals surface area (Å²) >= 11 is 0. The summed E-state index contributed by atoms with van der Waals surface area (Å²) in [5, 5.41) is 11.4. The van der Waals surface area contributed by atoms with Gasteiger partial charge in [0.15, 0.2) is 5.79 Å². The second kappa shape index (κ2) is 9.63. The van der Waals surface area contributed by atoms with E-state index in [4.69, 9.17) is 18.9 Å². The highest BCUT2D eigenvalue weighted by Crippen LogP contribution is 2.42. The standard InChI is InChI=1S/C24H28N2O8/c1-14-19(22(27)31-3)21(16-7-6-8-17(11-16)26(29)30)20(15(2)25-14)23(28)32-12-18-13-33-24(34-18)9-4-5-10-24/h6-8,11,18-19,21H,4-5,9-10,12-13H2,1-3H3. The average molecular weight is 472 g/mol. The van der Waals surface area contributed by atoms with Crippen molar-refractivity contribution in [3.63, 3.8) is 0 Å². The number of carbonyl (C=O) groups is 2. The number of rotatable bonds is 6. The van der Waals surface area contributed by atoms with Crippen molar-refractivity contribution >= 4 is 23.3 Å². The third kappa shape index (κ3) is 4.60.